The summed E-state index contributed by atoms with van der Waals surface area (Å²) in [6, 6.07) is 4.58. The summed E-state index contributed by atoms with van der Waals surface area (Å²) in [6.07, 6.45) is -2.63. The highest BCUT2D eigenvalue weighted by Gasteiger charge is 2.31. The molecule has 8 nitrogen and oxygen atoms in total. The van der Waals surface area contributed by atoms with E-state index in [1.54, 1.807) is 6.92 Å². The lowest BCUT2D eigenvalue weighted by Crippen LogP contribution is -2.30. The van der Waals surface area contributed by atoms with Gasteiger partial charge in [-0.25, -0.2) is 0 Å². The number of aromatic nitrogens is 2. The van der Waals surface area contributed by atoms with Gasteiger partial charge in [0, 0.05) is 0 Å². The monoisotopic (exact) mass is 358 g/mol. The highest BCUT2D eigenvalue weighted by atomic mass is 19.4. The van der Waals surface area contributed by atoms with E-state index in [4.69, 9.17) is 0 Å². The number of ether oxygens (including phenoxy) is 1. The van der Waals surface area contributed by atoms with Crippen molar-refractivity contribution in [1.29, 1.82) is 0 Å². The van der Waals surface area contributed by atoms with Crippen LogP contribution in [-0.2, 0) is 11.3 Å². The minimum Gasteiger partial charge on any atom is -0.406 e. The summed E-state index contributed by atoms with van der Waals surface area (Å²) in [5.41, 5.74) is 0.329. The first-order chi connectivity index (χ1) is 11.6. The number of carbonyl (C=O) groups excluding carboxylic acids is 1. The molecule has 0 saturated heterocycles. The number of hydrogen-bond acceptors (Lipinski definition) is 5. The first-order valence-corrected chi connectivity index (χ1v) is 6.96. The van der Waals surface area contributed by atoms with Crippen LogP contribution in [0.2, 0.25) is 0 Å². The standard InChI is InChI=1S/C14H13F3N4O4/c1-9(10-2-4-12(5-3-10)25-14(15,16)17)19-13(22)8-20-7-11(6-18-20)21(23)24/h2-7,9H,8H2,1H3,(H,19,22)/t9-/m1/s1. The first-order valence-electron chi connectivity index (χ1n) is 6.96. The second-order valence-electron chi connectivity index (χ2n) is 5.06. The number of nitrogens with one attached hydrogen (secondary N) is 1. The minimum absolute atomic E-state index is 0.229. The summed E-state index contributed by atoms with van der Waals surface area (Å²) in [7, 11) is 0. The Labute approximate surface area is 139 Å². The zero-order chi connectivity index (χ0) is 18.6. The second kappa shape index (κ2) is 7.20. The number of benzene rings is 1. The van der Waals surface area contributed by atoms with E-state index < -0.39 is 23.2 Å². The predicted molar refractivity (Wildman–Crippen MR) is 78.6 cm³/mol. The van der Waals surface area contributed by atoms with Crippen LogP contribution in [0.3, 0.4) is 0 Å². The molecule has 25 heavy (non-hydrogen) atoms. The Morgan fingerprint density at radius 3 is 2.56 bits per heavy atom. The number of halogens is 3. The molecule has 1 aromatic carbocycles. The molecular weight excluding hydrogens is 345 g/mol. The van der Waals surface area contributed by atoms with Gasteiger partial charge in [-0.1, -0.05) is 12.1 Å². The molecule has 0 aliphatic rings. The topological polar surface area (TPSA) is 99.3 Å². The van der Waals surface area contributed by atoms with E-state index >= 15 is 0 Å². The van der Waals surface area contributed by atoms with Crippen LogP contribution in [0.1, 0.15) is 18.5 Å². The van der Waals surface area contributed by atoms with Gasteiger partial charge in [0.25, 0.3) is 0 Å². The van der Waals surface area contributed by atoms with Gasteiger partial charge in [-0.2, -0.15) is 5.10 Å². The largest absolute Gasteiger partial charge is 0.573 e. The first kappa shape index (κ1) is 18.2. The third-order valence-electron chi connectivity index (χ3n) is 3.13. The van der Waals surface area contributed by atoms with Crippen molar-refractivity contribution in [2.24, 2.45) is 0 Å². The SMILES string of the molecule is C[C@@H](NC(=O)Cn1cc([N+](=O)[O-])cn1)c1ccc(OC(F)(F)F)cc1. The number of hydrogen-bond donors (Lipinski definition) is 1. The lowest BCUT2D eigenvalue weighted by atomic mass is 10.1. The van der Waals surface area contributed by atoms with E-state index in [0.717, 1.165) is 29.2 Å². The maximum atomic E-state index is 12.1. The van der Waals surface area contributed by atoms with Crippen molar-refractivity contribution >= 4 is 11.6 Å². The number of amides is 1. The molecule has 0 radical (unpaired) electrons. The van der Waals surface area contributed by atoms with Crippen LogP contribution in [-0.4, -0.2) is 27.0 Å². The normalized spacial score (nSPS) is 12.5. The Hall–Kier alpha value is -3.11. The molecule has 134 valence electrons. The highest BCUT2D eigenvalue weighted by molar-refractivity contribution is 5.76. The molecule has 2 aromatic rings. The quantitative estimate of drug-likeness (QED) is 0.632. The smallest absolute Gasteiger partial charge is 0.406 e. The van der Waals surface area contributed by atoms with Crippen molar-refractivity contribution in [2.75, 3.05) is 0 Å². The van der Waals surface area contributed by atoms with Gasteiger partial charge in [0.2, 0.25) is 5.91 Å². The molecule has 1 N–H and O–H groups in total. The highest BCUT2D eigenvalue weighted by Crippen LogP contribution is 2.24. The second-order valence-corrected chi connectivity index (χ2v) is 5.06. The summed E-state index contributed by atoms with van der Waals surface area (Å²) in [5.74, 6) is -0.820. The van der Waals surface area contributed by atoms with Crippen molar-refractivity contribution in [3.63, 3.8) is 0 Å². The van der Waals surface area contributed by atoms with E-state index in [0.29, 0.717) is 5.56 Å². The van der Waals surface area contributed by atoms with Gasteiger partial charge in [-0.05, 0) is 24.6 Å². The molecule has 0 bridgehead atoms. The molecule has 1 amide bonds. The number of nitrogens with zero attached hydrogens (tertiary/aromatic N) is 3. The summed E-state index contributed by atoms with van der Waals surface area (Å²) in [6.45, 7) is 1.41. The average Bonchev–Trinajstić information content (AvgIpc) is 2.94. The average molecular weight is 358 g/mol. The molecule has 2 rings (SSSR count). The minimum atomic E-state index is -4.77. The van der Waals surface area contributed by atoms with Crippen LogP contribution in [0.15, 0.2) is 36.7 Å². The molecular formula is C14H13F3N4O4. The summed E-state index contributed by atoms with van der Waals surface area (Å²) >= 11 is 0. The molecule has 0 saturated carbocycles. The molecule has 1 heterocycles. The van der Waals surface area contributed by atoms with Crippen LogP contribution in [0, 0.1) is 10.1 Å². The molecule has 0 fully saturated rings. The Morgan fingerprint density at radius 2 is 2.04 bits per heavy atom. The van der Waals surface area contributed by atoms with Gasteiger partial charge in [-0.15, -0.1) is 13.2 Å². The molecule has 1 atom stereocenters. The van der Waals surface area contributed by atoms with E-state index in [9.17, 15) is 28.1 Å². The van der Waals surface area contributed by atoms with Crippen LogP contribution in [0.25, 0.3) is 0 Å². The lowest BCUT2D eigenvalue weighted by molar-refractivity contribution is -0.385. The Bertz CT molecular complexity index is 758. The van der Waals surface area contributed by atoms with E-state index in [1.807, 2.05) is 0 Å². The van der Waals surface area contributed by atoms with Gasteiger partial charge in [0.1, 0.15) is 24.7 Å². The van der Waals surface area contributed by atoms with Crippen LogP contribution in [0.4, 0.5) is 18.9 Å². The summed E-state index contributed by atoms with van der Waals surface area (Å²) < 4.78 is 41.2. The Balaban J connectivity index is 1.92. The maximum Gasteiger partial charge on any atom is 0.573 e. The lowest BCUT2D eigenvalue weighted by Gasteiger charge is -2.15. The van der Waals surface area contributed by atoms with Crippen LogP contribution in [0.5, 0.6) is 5.75 Å². The number of rotatable bonds is 6. The van der Waals surface area contributed by atoms with E-state index in [1.165, 1.54) is 12.1 Å². The molecule has 11 heteroatoms. The Kier molecular flexibility index (Phi) is 5.25. The summed E-state index contributed by atoms with van der Waals surface area (Å²) in [4.78, 5) is 21.8. The van der Waals surface area contributed by atoms with Crippen molar-refractivity contribution in [1.82, 2.24) is 15.1 Å². The number of carbonyl (C=O) groups is 1. The fourth-order valence-corrected chi connectivity index (χ4v) is 2.01. The van der Waals surface area contributed by atoms with Gasteiger partial charge >= 0.3 is 12.0 Å². The predicted octanol–water partition coefficient (Wildman–Crippen LogP) is 2.57. The molecule has 0 spiro atoms. The van der Waals surface area contributed by atoms with Crippen molar-refractivity contribution in [3.8, 4) is 5.75 Å². The van der Waals surface area contributed by atoms with Gasteiger partial charge < -0.3 is 10.1 Å². The van der Waals surface area contributed by atoms with Gasteiger partial charge in [-0.3, -0.25) is 19.6 Å². The van der Waals surface area contributed by atoms with Crippen molar-refractivity contribution in [3.05, 3.63) is 52.3 Å². The van der Waals surface area contributed by atoms with Crippen molar-refractivity contribution in [2.45, 2.75) is 25.9 Å². The van der Waals surface area contributed by atoms with Gasteiger partial charge in [0.05, 0.1) is 11.0 Å². The summed E-state index contributed by atoms with van der Waals surface area (Å²) in [5, 5.41) is 16.9. The maximum absolute atomic E-state index is 12.1. The third kappa shape index (κ3) is 5.48. The van der Waals surface area contributed by atoms with E-state index in [-0.39, 0.29) is 18.0 Å². The zero-order valence-electron chi connectivity index (χ0n) is 12.9. The molecule has 0 aliphatic heterocycles. The molecule has 0 unspecified atom stereocenters. The molecule has 1 aromatic heterocycles. The van der Waals surface area contributed by atoms with E-state index in [2.05, 4.69) is 15.2 Å². The van der Waals surface area contributed by atoms with Gasteiger partial charge in [0.15, 0.2) is 0 Å². The van der Waals surface area contributed by atoms with Crippen LogP contribution >= 0.6 is 0 Å². The molecule has 0 aliphatic carbocycles. The fourth-order valence-electron chi connectivity index (χ4n) is 2.01. The number of nitro groups is 1. The third-order valence-corrected chi connectivity index (χ3v) is 3.13. The van der Waals surface area contributed by atoms with Crippen LogP contribution < -0.4 is 10.1 Å². The Morgan fingerprint density at radius 1 is 1.40 bits per heavy atom. The fraction of sp³-hybridized carbons (Fsp3) is 0.286. The number of alkyl halides is 3. The zero-order valence-corrected chi connectivity index (χ0v) is 12.9. The van der Waals surface area contributed by atoms with Crippen molar-refractivity contribution < 1.29 is 27.6 Å².